The molecule has 0 aliphatic rings. The maximum absolute atomic E-state index is 11.1. The number of nitro groups is 1. The molecule has 21 heavy (non-hydrogen) atoms. The van der Waals surface area contributed by atoms with E-state index in [4.69, 9.17) is 9.52 Å². The molecule has 0 atom stereocenters. The van der Waals surface area contributed by atoms with Gasteiger partial charge in [-0.2, -0.15) is 0 Å². The Bertz CT molecular complexity index is 676. The molecule has 0 aliphatic heterocycles. The summed E-state index contributed by atoms with van der Waals surface area (Å²) >= 11 is 0. The Labute approximate surface area is 118 Å². The van der Waals surface area contributed by atoms with E-state index in [9.17, 15) is 19.7 Å². The summed E-state index contributed by atoms with van der Waals surface area (Å²) < 4.78 is 4.93. The average Bonchev–Trinajstić information content (AvgIpc) is 2.95. The van der Waals surface area contributed by atoms with Crippen LogP contribution in [0.2, 0.25) is 0 Å². The third kappa shape index (κ3) is 3.24. The third-order valence-corrected chi connectivity index (χ3v) is 2.72. The molecule has 0 saturated carbocycles. The summed E-state index contributed by atoms with van der Waals surface area (Å²) in [4.78, 5) is 32.8. The van der Waals surface area contributed by atoms with Crippen LogP contribution in [0.15, 0.2) is 40.8 Å². The molecule has 8 nitrogen and oxygen atoms in total. The van der Waals surface area contributed by atoms with E-state index in [0.717, 1.165) is 11.0 Å². The summed E-state index contributed by atoms with van der Waals surface area (Å²) in [5.41, 5.74) is 0.788. The molecule has 8 heteroatoms. The standard InChI is InChI=1S/C13H10N2O6/c16-8-14(11-5-6-12(21-11)15(19)20)7-9-1-3-10(4-2-9)13(17)18/h1-6,8H,7H2,(H,17,18). The van der Waals surface area contributed by atoms with Gasteiger partial charge in [-0.15, -0.1) is 0 Å². The molecule has 1 N–H and O–H groups in total. The smallest absolute Gasteiger partial charge is 0.434 e. The quantitative estimate of drug-likeness (QED) is 0.494. The molecule has 1 amide bonds. The van der Waals surface area contributed by atoms with Gasteiger partial charge in [0.25, 0.3) is 0 Å². The van der Waals surface area contributed by atoms with Gasteiger partial charge in [0, 0.05) is 6.07 Å². The second-order valence-electron chi connectivity index (χ2n) is 4.10. The van der Waals surface area contributed by atoms with Crippen LogP contribution in [0.4, 0.5) is 11.8 Å². The molecule has 2 rings (SSSR count). The zero-order valence-electron chi connectivity index (χ0n) is 10.6. The molecule has 108 valence electrons. The number of furan rings is 1. The predicted molar refractivity (Wildman–Crippen MR) is 71.0 cm³/mol. The summed E-state index contributed by atoms with van der Waals surface area (Å²) in [5.74, 6) is -1.47. The Morgan fingerprint density at radius 1 is 1.29 bits per heavy atom. The van der Waals surface area contributed by atoms with Gasteiger partial charge in [-0.1, -0.05) is 12.1 Å². The van der Waals surface area contributed by atoms with Crippen LogP contribution in [-0.2, 0) is 11.3 Å². The number of anilines is 1. The molecular formula is C13H10N2O6. The maximum Gasteiger partial charge on any atom is 0.434 e. The number of rotatable bonds is 6. The van der Waals surface area contributed by atoms with Crippen molar-refractivity contribution in [3.63, 3.8) is 0 Å². The van der Waals surface area contributed by atoms with E-state index in [1.165, 1.54) is 18.2 Å². The van der Waals surface area contributed by atoms with E-state index in [0.29, 0.717) is 12.0 Å². The Hall–Kier alpha value is -3.16. The highest BCUT2D eigenvalue weighted by atomic mass is 16.6. The van der Waals surface area contributed by atoms with Crippen molar-refractivity contribution in [2.24, 2.45) is 0 Å². The monoisotopic (exact) mass is 290 g/mol. The number of aromatic carboxylic acids is 1. The fraction of sp³-hybridized carbons (Fsp3) is 0.0769. The van der Waals surface area contributed by atoms with Crippen LogP contribution in [0.1, 0.15) is 15.9 Å². The number of carbonyl (C=O) groups is 2. The van der Waals surface area contributed by atoms with Crippen LogP contribution in [0.5, 0.6) is 0 Å². The molecule has 1 aromatic carbocycles. The number of nitrogens with zero attached hydrogens (tertiary/aromatic N) is 2. The van der Waals surface area contributed by atoms with Crippen LogP contribution in [0.25, 0.3) is 0 Å². The van der Waals surface area contributed by atoms with E-state index in [1.54, 1.807) is 12.1 Å². The van der Waals surface area contributed by atoms with Crippen molar-refractivity contribution < 1.29 is 24.0 Å². The number of carbonyl (C=O) groups excluding carboxylic acids is 1. The fourth-order valence-electron chi connectivity index (χ4n) is 1.69. The second-order valence-corrected chi connectivity index (χ2v) is 4.10. The largest absolute Gasteiger partial charge is 0.478 e. The Morgan fingerprint density at radius 2 is 1.95 bits per heavy atom. The average molecular weight is 290 g/mol. The molecule has 0 spiro atoms. The van der Waals surface area contributed by atoms with E-state index >= 15 is 0 Å². The lowest BCUT2D eigenvalue weighted by Crippen LogP contribution is -2.19. The predicted octanol–water partition coefficient (Wildman–Crippen LogP) is 2.05. The van der Waals surface area contributed by atoms with Crippen LogP contribution in [0, 0.1) is 10.1 Å². The first-order valence-electron chi connectivity index (χ1n) is 5.79. The van der Waals surface area contributed by atoms with Gasteiger partial charge in [0.2, 0.25) is 12.3 Å². The highest BCUT2D eigenvalue weighted by Gasteiger charge is 2.17. The molecule has 0 aliphatic carbocycles. The third-order valence-electron chi connectivity index (χ3n) is 2.72. The topological polar surface area (TPSA) is 114 Å². The molecule has 1 aromatic heterocycles. The van der Waals surface area contributed by atoms with Crippen molar-refractivity contribution in [1.82, 2.24) is 0 Å². The Kier molecular flexibility index (Phi) is 3.98. The van der Waals surface area contributed by atoms with Gasteiger partial charge in [-0.25, -0.2) is 4.79 Å². The molecule has 0 fully saturated rings. The van der Waals surface area contributed by atoms with Crippen molar-refractivity contribution in [3.8, 4) is 0 Å². The minimum atomic E-state index is -1.05. The SMILES string of the molecule is O=CN(Cc1ccc(C(=O)O)cc1)c1ccc([N+](=O)[O-])o1. The number of hydrogen-bond donors (Lipinski definition) is 1. The van der Waals surface area contributed by atoms with Gasteiger partial charge in [-0.05, 0) is 17.7 Å². The summed E-state index contributed by atoms with van der Waals surface area (Å²) in [5, 5.41) is 19.3. The molecule has 2 aromatic rings. The first-order chi connectivity index (χ1) is 10.0. The van der Waals surface area contributed by atoms with Crippen molar-refractivity contribution in [2.45, 2.75) is 6.54 Å². The number of hydrogen-bond acceptors (Lipinski definition) is 5. The summed E-state index contributed by atoms with van der Waals surface area (Å²) in [6.45, 7) is 0.105. The molecule has 0 unspecified atom stereocenters. The van der Waals surface area contributed by atoms with Gasteiger partial charge < -0.3 is 9.52 Å². The highest BCUT2D eigenvalue weighted by molar-refractivity contribution is 5.87. The summed E-state index contributed by atoms with van der Waals surface area (Å²) in [6, 6.07) is 8.39. The van der Waals surface area contributed by atoms with Crippen molar-refractivity contribution in [3.05, 3.63) is 57.6 Å². The van der Waals surface area contributed by atoms with Gasteiger partial charge in [0.05, 0.1) is 18.2 Å². The molecule has 0 bridgehead atoms. The Morgan fingerprint density at radius 3 is 2.43 bits per heavy atom. The van der Waals surface area contributed by atoms with E-state index in [2.05, 4.69) is 0 Å². The van der Waals surface area contributed by atoms with Crippen LogP contribution < -0.4 is 4.90 Å². The van der Waals surface area contributed by atoms with E-state index in [-0.39, 0.29) is 18.0 Å². The first-order valence-corrected chi connectivity index (χ1v) is 5.79. The minimum Gasteiger partial charge on any atom is -0.478 e. The fourth-order valence-corrected chi connectivity index (χ4v) is 1.69. The van der Waals surface area contributed by atoms with E-state index in [1.807, 2.05) is 0 Å². The van der Waals surface area contributed by atoms with Crippen LogP contribution in [0.3, 0.4) is 0 Å². The molecular weight excluding hydrogens is 280 g/mol. The van der Waals surface area contributed by atoms with Gasteiger partial charge >= 0.3 is 11.9 Å². The van der Waals surface area contributed by atoms with Gasteiger partial charge in [-0.3, -0.25) is 19.8 Å². The minimum absolute atomic E-state index is 0.0408. The number of carboxylic acids is 1. The number of carboxylic acid groups (broad SMARTS) is 1. The van der Waals surface area contributed by atoms with Gasteiger partial charge in [0.15, 0.2) is 0 Å². The second kappa shape index (κ2) is 5.87. The zero-order chi connectivity index (χ0) is 15.4. The highest BCUT2D eigenvalue weighted by Crippen LogP contribution is 2.24. The lowest BCUT2D eigenvalue weighted by molar-refractivity contribution is -0.401. The van der Waals surface area contributed by atoms with Gasteiger partial charge in [0.1, 0.15) is 4.92 Å². The lowest BCUT2D eigenvalue weighted by atomic mass is 10.1. The lowest BCUT2D eigenvalue weighted by Gasteiger charge is -2.13. The summed E-state index contributed by atoms with van der Waals surface area (Å²) in [6.07, 6.45) is 0.480. The van der Waals surface area contributed by atoms with Crippen molar-refractivity contribution in [1.29, 1.82) is 0 Å². The zero-order valence-corrected chi connectivity index (χ0v) is 10.6. The van der Waals surface area contributed by atoms with Crippen LogP contribution in [-0.4, -0.2) is 22.4 Å². The number of amides is 1. The molecule has 0 radical (unpaired) electrons. The van der Waals surface area contributed by atoms with Crippen molar-refractivity contribution in [2.75, 3.05) is 4.90 Å². The first kappa shape index (κ1) is 14.3. The molecule has 0 saturated heterocycles. The maximum atomic E-state index is 11.1. The molecule has 1 heterocycles. The van der Waals surface area contributed by atoms with Crippen molar-refractivity contribution >= 4 is 24.1 Å². The normalized spacial score (nSPS) is 10.1. The summed E-state index contributed by atoms with van der Waals surface area (Å²) in [7, 11) is 0. The number of benzene rings is 1. The van der Waals surface area contributed by atoms with E-state index < -0.39 is 16.8 Å². The van der Waals surface area contributed by atoms with Crippen LogP contribution >= 0.6 is 0 Å². The Balaban J connectivity index is 2.16.